The molecule has 1 aliphatic carbocycles. The molecule has 0 N–H and O–H groups in total. The van der Waals surface area contributed by atoms with Crippen molar-refractivity contribution in [1.82, 2.24) is 29.2 Å². The molecule has 0 saturated carbocycles. The second-order valence-corrected chi connectivity index (χ2v) is 10.3. The van der Waals surface area contributed by atoms with Crippen molar-refractivity contribution in [2.75, 3.05) is 38.1 Å². The van der Waals surface area contributed by atoms with Crippen molar-refractivity contribution in [3.8, 4) is 0 Å². The van der Waals surface area contributed by atoms with Crippen LogP contribution in [0, 0.1) is 6.92 Å². The van der Waals surface area contributed by atoms with Crippen LogP contribution in [0.25, 0.3) is 5.65 Å². The highest BCUT2D eigenvalue weighted by molar-refractivity contribution is 5.48. The van der Waals surface area contributed by atoms with Crippen LogP contribution in [0.15, 0.2) is 61.1 Å². The van der Waals surface area contributed by atoms with Crippen LogP contribution < -0.4 is 4.90 Å². The van der Waals surface area contributed by atoms with Crippen LogP contribution in [0.4, 0.5) is 5.95 Å². The molecule has 0 unspecified atom stereocenters. The largest absolute Gasteiger partial charge is 0.339 e. The molecular weight excluding hydrogens is 446 g/mol. The topological polar surface area (TPSA) is 52.8 Å². The second kappa shape index (κ2) is 9.99. The van der Waals surface area contributed by atoms with Crippen LogP contribution in [0.2, 0.25) is 0 Å². The first-order chi connectivity index (χ1) is 17.6. The smallest absolute Gasteiger partial charge is 0.211 e. The van der Waals surface area contributed by atoms with Gasteiger partial charge in [-0.15, -0.1) is 0 Å². The Morgan fingerprint density at radius 1 is 0.972 bits per heavy atom. The molecule has 1 aliphatic heterocycles. The lowest BCUT2D eigenvalue weighted by Gasteiger charge is -2.35. The van der Waals surface area contributed by atoms with Crippen LogP contribution in [-0.4, -0.2) is 62.4 Å². The monoisotopic (exact) mass is 481 g/mol. The van der Waals surface area contributed by atoms with Crippen molar-refractivity contribution in [3.63, 3.8) is 0 Å². The van der Waals surface area contributed by atoms with Crippen LogP contribution >= 0.6 is 0 Å². The van der Waals surface area contributed by atoms with Gasteiger partial charge in [0.15, 0.2) is 0 Å². The summed E-state index contributed by atoms with van der Waals surface area (Å²) < 4.78 is 2.17. The van der Waals surface area contributed by atoms with Crippen molar-refractivity contribution in [1.29, 1.82) is 0 Å². The zero-order valence-electron chi connectivity index (χ0n) is 21.3. The number of anilines is 1. The van der Waals surface area contributed by atoms with Gasteiger partial charge in [-0.05, 0) is 56.5 Å². The fraction of sp³-hybridized carbons (Fsp3) is 0.414. The van der Waals surface area contributed by atoms with Crippen molar-refractivity contribution >= 4 is 11.6 Å². The van der Waals surface area contributed by atoms with Gasteiger partial charge in [-0.25, -0.2) is 9.97 Å². The van der Waals surface area contributed by atoms with Crippen molar-refractivity contribution < 1.29 is 0 Å². The van der Waals surface area contributed by atoms with E-state index in [1.807, 2.05) is 18.5 Å². The average molecular weight is 482 g/mol. The summed E-state index contributed by atoms with van der Waals surface area (Å²) in [5.41, 5.74) is 7.37. The number of fused-ring (bicyclic) bond motifs is 2. The molecule has 1 fully saturated rings. The van der Waals surface area contributed by atoms with Gasteiger partial charge < -0.3 is 4.90 Å². The molecule has 0 bridgehead atoms. The Morgan fingerprint density at radius 2 is 1.81 bits per heavy atom. The van der Waals surface area contributed by atoms with Gasteiger partial charge in [-0.3, -0.25) is 19.2 Å². The van der Waals surface area contributed by atoms with E-state index in [0.29, 0.717) is 6.04 Å². The quantitative estimate of drug-likeness (QED) is 0.410. The van der Waals surface area contributed by atoms with Crippen molar-refractivity contribution in [2.45, 2.75) is 45.3 Å². The normalized spacial score (nSPS) is 18.6. The van der Waals surface area contributed by atoms with Gasteiger partial charge in [0.25, 0.3) is 0 Å². The third kappa shape index (κ3) is 4.73. The van der Waals surface area contributed by atoms with Gasteiger partial charge in [0.2, 0.25) is 5.95 Å². The van der Waals surface area contributed by atoms with E-state index in [4.69, 9.17) is 15.0 Å². The highest BCUT2D eigenvalue weighted by atomic mass is 15.3. The first kappa shape index (κ1) is 23.1. The lowest BCUT2D eigenvalue weighted by molar-refractivity contribution is 0.206. The second-order valence-electron chi connectivity index (χ2n) is 10.3. The van der Waals surface area contributed by atoms with Crippen LogP contribution in [0.3, 0.4) is 0 Å². The SMILES string of the molecule is Cc1ccc(CN2CCN(c3nccc4nc(CN(C)[C@H]5CCCc6cccnc65)cn34)CC2)cc1. The number of hydrogen-bond donors (Lipinski definition) is 0. The number of aromatic nitrogens is 4. The molecule has 1 saturated heterocycles. The molecule has 186 valence electrons. The number of rotatable bonds is 6. The number of imidazole rings is 1. The fourth-order valence-corrected chi connectivity index (χ4v) is 5.70. The maximum atomic E-state index is 4.96. The molecule has 0 amide bonds. The number of benzene rings is 1. The first-order valence-electron chi connectivity index (χ1n) is 13.1. The van der Waals surface area contributed by atoms with Gasteiger partial charge in [-0.1, -0.05) is 35.9 Å². The molecule has 2 aliphatic rings. The Hall–Kier alpha value is -3.29. The molecule has 4 heterocycles. The van der Waals surface area contributed by atoms with Gasteiger partial charge in [-0.2, -0.15) is 0 Å². The van der Waals surface area contributed by atoms with E-state index in [-0.39, 0.29) is 0 Å². The molecule has 7 nitrogen and oxygen atoms in total. The summed E-state index contributed by atoms with van der Waals surface area (Å²) >= 11 is 0. The summed E-state index contributed by atoms with van der Waals surface area (Å²) in [4.78, 5) is 21.8. The van der Waals surface area contributed by atoms with E-state index in [0.717, 1.165) is 69.4 Å². The average Bonchev–Trinajstić information content (AvgIpc) is 3.32. The number of aryl methyl sites for hydroxylation is 2. The first-order valence-corrected chi connectivity index (χ1v) is 13.1. The van der Waals surface area contributed by atoms with Crippen molar-refractivity contribution in [3.05, 3.63) is 89.1 Å². The number of nitrogens with zero attached hydrogens (tertiary/aromatic N) is 7. The molecule has 0 spiro atoms. The third-order valence-corrected chi connectivity index (χ3v) is 7.70. The lowest BCUT2D eigenvalue weighted by Crippen LogP contribution is -2.46. The Labute approximate surface area is 213 Å². The van der Waals surface area contributed by atoms with E-state index >= 15 is 0 Å². The molecule has 36 heavy (non-hydrogen) atoms. The Balaban J connectivity index is 1.14. The van der Waals surface area contributed by atoms with Crippen LogP contribution in [-0.2, 0) is 19.5 Å². The van der Waals surface area contributed by atoms with Gasteiger partial charge in [0.1, 0.15) is 5.65 Å². The molecule has 3 aromatic heterocycles. The minimum absolute atomic E-state index is 0.346. The zero-order chi connectivity index (χ0) is 24.5. The molecule has 7 heteroatoms. The van der Waals surface area contributed by atoms with Crippen molar-refractivity contribution in [2.24, 2.45) is 0 Å². The number of piperazine rings is 1. The molecule has 1 aromatic carbocycles. The standard InChI is InChI=1S/C29H35N7/c1-22-8-10-23(11-9-22)19-34-15-17-35(18-16-34)29-31-14-12-27-32-25(21-36(27)29)20-33(2)26-7-3-5-24-6-4-13-30-28(24)26/h4,6,8-14,21,26H,3,5,7,15-20H2,1-2H3/t26-/m0/s1. The van der Waals surface area contributed by atoms with E-state index in [1.165, 1.54) is 28.8 Å². The van der Waals surface area contributed by atoms with Gasteiger partial charge >= 0.3 is 0 Å². The number of pyridine rings is 1. The number of hydrogen-bond acceptors (Lipinski definition) is 6. The van der Waals surface area contributed by atoms with E-state index in [1.54, 1.807) is 0 Å². The summed E-state index contributed by atoms with van der Waals surface area (Å²) in [7, 11) is 2.20. The summed E-state index contributed by atoms with van der Waals surface area (Å²) in [6.07, 6.45) is 9.49. The third-order valence-electron chi connectivity index (χ3n) is 7.70. The molecule has 4 aromatic rings. The molecule has 1 atom stereocenters. The minimum Gasteiger partial charge on any atom is -0.339 e. The van der Waals surface area contributed by atoms with Gasteiger partial charge in [0.05, 0.1) is 17.4 Å². The Bertz CT molecular complexity index is 1320. The fourth-order valence-electron chi connectivity index (χ4n) is 5.70. The Morgan fingerprint density at radius 3 is 2.64 bits per heavy atom. The molecular formula is C29H35N7. The highest BCUT2D eigenvalue weighted by Gasteiger charge is 2.26. The van der Waals surface area contributed by atoms with E-state index in [9.17, 15) is 0 Å². The Kier molecular flexibility index (Phi) is 6.42. The summed E-state index contributed by atoms with van der Waals surface area (Å²) in [6.45, 7) is 7.95. The van der Waals surface area contributed by atoms with Crippen LogP contribution in [0.5, 0.6) is 0 Å². The molecule has 6 rings (SSSR count). The van der Waals surface area contributed by atoms with E-state index in [2.05, 4.69) is 75.7 Å². The zero-order valence-corrected chi connectivity index (χ0v) is 21.3. The van der Waals surface area contributed by atoms with Crippen LogP contribution in [0.1, 0.15) is 47.0 Å². The minimum atomic E-state index is 0.346. The maximum absolute atomic E-state index is 4.96. The summed E-state index contributed by atoms with van der Waals surface area (Å²) in [6, 6.07) is 15.5. The lowest BCUT2D eigenvalue weighted by atomic mass is 9.91. The maximum Gasteiger partial charge on any atom is 0.211 e. The van der Waals surface area contributed by atoms with Gasteiger partial charge in [0, 0.05) is 57.9 Å². The highest BCUT2D eigenvalue weighted by Crippen LogP contribution is 2.32. The molecule has 0 radical (unpaired) electrons. The van der Waals surface area contributed by atoms with E-state index < -0.39 is 0 Å². The summed E-state index contributed by atoms with van der Waals surface area (Å²) in [5.74, 6) is 0.994. The predicted octanol–water partition coefficient (Wildman–Crippen LogP) is 4.26. The predicted molar refractivity (Wildman–Crippen MR) is 143 cm³/mol. The summed E-state index contributed by atoms with van der Waals surface area (Å²) in [5, 5.41) is 0.